The molecule has 0 atom stereocenters. The van der Waals surface area contributed by atoms with Crippen molar-refractivity contribution in [2.24, 2.45) is 7.05 Å². The maximum atomic E-state index is 13.3. The molecule has 5 aromatic rings. The van der Waals surface area contributed by atoms with Gasteiger partial charge in [-0.25, -0.2) is 9.67 Å². The summed E-state index contributed by atoms with van der Waals surface area (Å²) in [7, 11) is 5.26. The zero-order valence-corrected chi connectivity index (χ0v) is 23.5. The number of nitrogens with one attached hydrogen (secondary N) is 1. The quantitative estimate of drug-likeness (QED) is 0.282. The van der Waals surface area contributed by atoms with E-state index < -0.39 is 0 Å². The van der Waals surface area contributed by atoms with Crippen LogP contribution in [0.15, 0.2) is 59.5 Å². The van der Waals surface area contributed by atoms with Crippen molar-refractivity contribution >= 4 is 45.0 Å². The largest absolute Gasteiger partial charge is 0.383 e. The maximum Gasteiger partial charge on any atom is 0.259 e. The molecule has 0 aliphatic carbocycles. The summed E-state index contributed by atoms with van der Waals surface area (Å²) < 4.78 is 3.56. The topological polar surface area (TPSA) is 85.1 Å². The van der Waals surface area contributed by atoms with Crippen molar-refractivity contribution in [1.82, 2.24) is 24.2 Å². The lowest BCUT2D eigenvalue weighted by Crippen LogP contribution is -2.21. The Morgan fingerprint density at radius 1 is 1.08 bits per heavy atom. The molecule has 0 aliphatic rings. The second-order valence-corrected chi connectivity index (χ2v) is 10.3. The highest BCUT2D eigenvalue weighted by Gasteiger charge is 2.17. The zero-order chi connectivity index (χ0) is 27.8. The Hall–Kier alpha value is -4.17. The van der Waals surface area contributed by atoms with Gasteiger partial charge in [0.05, 0.1) is 17.6 Å². The molecule has 8 nitrogen and oxygen atoms in total. The Labute approximate surface area is 231 Å². The molecule has 0 spiro atoms. The van der Waals surface area contributed by atoms with E-state index >= 15 is 0 Å². The second kappa shape index (κ2) is 10.5. The molecule has 0 saturated heterocycles. The fourth-order valence-corrected chi connectivity index (χ4v) is 5.27. The summed E-state index contributed by atoms with van der Waals surface area (Å²) >= 11 is 6.26. The van der Waals surface area contributed by atoms with Gasteiger partial charge in [0, 0.05) is 61.5 Å². The van der Waals surface area contributed by atoms with E-state index in [0.29, 0.717) is 41.3 Å². The summed E-state index contributed by atoms with van der Waals surface area (Å²) in [6, 6.07) is 15.1. The number of aromatic nitrogens is 4. The van der Waals surface area contributed by atoms with Gasteiger partial charge in [-0.05, 0) is 56.2 Å². The maximum absolute atomic E-state index is 13.3. The molecule has 1 N–H and O–H groups in total. The zero-order valence-electron chi connectivity index (χ0n) is 22.7. The average molecular weight is 543 g/mol. The van der Waals surface area contributed by atoms with Gasteiger partial charge in [-0.1, -0.05) is 35.4 Å². The minimum atomic E-state index is -0.0576. The van der Waals surface area contributed by atoms with Crippen LogP contribution in [0.3, 0.4) is 0 Å². The first-order valence-corrected chi connectivity index (χ1v) is 13.3. The minimum Gasteiger partial charge on any atom is -0.383 e. The first-order valence-electron chi connectivity index (χ1n) is 12.9. The number of hydrogen-bond donors (Lipinski definition) is 1. The summed E-state index contributed by atoms with van der Waals surface area (Å²) in [5.41, 5.74) is 5.94. The van der Waals surface area contributed by atoms with E-state index in [1.54, 1.807) is 48.8 Å². The smallest absolute Gasteiger partial charge is 0.259 e. The fraction of sp³-hybridized carbons (Fsp3) is 0.267. The van der Waals surface area contributed by atoms with Crippen LogP contribution in [0.4, 0.5) is 5.69 Å². The van der Waals surface area contributed by atoms with Gasteiger partial charge in [0.15, 0.2) is 0 Å². The van der Waals surface area contributed by atoms with Crippen LogP contribution in [-0.2, 0) is 20.0 Å². The summed E-state index contributed by atoms with van der Waals surface area (Å²) in [5.74, 6) is -0.0576. The van der Waals surface area contributed by atoms with Crippen molar-refractivity contribution in [1.29, 1.82) is 0 Å². The fourth-order valence-electron chi connectivity index (χ4n) is 5.12. The number of aryl methyl sites for hydroxylation is 3. The van der Waals surface area contributed by atoms with E-state index in [1.165, 1.54) is 0 Å². The summed E-state index contributed by atoms with van der Waals surface area (Å²) in [6.07, 6.45) is 2.55. The first kappa shape index (κ1) is 26.4. The number of halogens is 1. The summed E-state index contributed by atoms with van der Waals surface area (Å²) in [6.45, 7) is 5.33. The van der Waals surface area contributed by atoms with Crippen LogP contribution < -0.4 is 10.9 Å². The molecule has 0 fully saturated rings. The summed E-state index contributed by atoms with van der Waals surface area (Å²) in [4.78, 5) is 31.7. The van der Waals surface area contributed by atoms with Crippen molar-refractivity contribution < 1.29 is 4.79 Å². The number of hydrogen-bond acceptors (Lipinski definition) is 5. The molecule has 3 heterocycles. The number of pyridine rings is 2. The second-order valence-electron chi connectivity index (χ2n) is 9.89. The van der Waals surface area contributed by atoms with Crippen LogP contribution in [0.5, 0.6) is 0 Å². The molecule has 0 radical (unpaired) electrons. The van der Waals surface area contributed by atoms with Gasteiger partial charge in [0.25, 0.3) is 11.5 Å². The number of anilines is 1. The van der Waals surface area contributed by atoms with E-state index in [4.69, 9.17) is 11.6 Å². The molecule has 2 aromatic carbocycles. The number of benzene rings is 2. The van der Waals surface area contributed by atoms with Crippen LogP contribution >= 0.6 is 11.6 Å². The van der Waals surface area contributed by atoms with Crippen molar-refractivity contribution in [3.05, 3.63) is 86.9 Å². The number of amides is 1. The van der Waals surface area contributed by atoms with E-state index in [1.807, 2.05) is 49.0 Å². The molecule has 1 amide bonds. The highest BCUT2D eigenvalue weighted by atomic mass is 35.5. The number of carbonyl (C=O) groups excluding carboxylic acids is 1. The lowest BCUT2D eigenvalue weighted by Gasteiger charge is -2.15. The van der Waals surface area contributed by atoms with E-state index in [9.17, 15) is 9.59 Å². The van der Waals surface area contributed by atoms with Gasteiger partial charge in [-0.3, -0.25) is 14.2 Å². The van der Waals surface area contributed by atoms with Gasteiger partial charge in [0.1, 0.15) is 10.8 Å². The lowest BCUT2D eigenvalue weighted by molar-refractivity contribution is 0.0827. The minimum absolute atomic E-state index is 0.0222. The third-order valence-electron chi connectivity index (χ3n) is 6.98. The number of fused-ring (bicyclic) bond motifs is 3. The number of rotatable bonds is 7. The molecule has 200 valence electrons. The van der Waals surface area contributed by atoms with Gasteiger partial charge < -0.3 is 10.2 Å². The Balaban J connectivity index is 1.47. The van der Waals surface area contributed by atoms with Crippen molar-refractivity contribution in [2.45, 2.75) is 26.8 Å². The number of nitrogens with zero attached hydrogens (tertiary/aromatic N) is 5. The van der Waals surface area contributed by atoms with Gasteiger partial charge in [0.2, 0.25) is 0 Å². The molecule has 9 heteroatoms. The molecule has 5 rings (SSSR count). The van der Waals surface area contributed by atoms with Gasteiger partial charge >= 0.3 is 0 Å². The molecule has 39 heavy (non-hydrogen) atoms. The first-order chi connectivity index (χ1) is 18.7. The highest BCUT2D eigenvalue weighted by Crippen LogP contribution is 2.30. The monoisotopic (exact) mass is 542 g/mol. The highest BCUT2D eigenvalue weighted by molar-refractivity contribution is 6.29. The average Bonchev–Trinajstić information content (AvgIpc) is 3.36. The van der Waals surface area contributed by atoms with Crippen LogP contribution in [0, 0.1) is 6.92 Å². The van der Waals surface area contributed by atoms with Crippen LogP contribution in [0.1, 0.15) is 28.4 Å². The lowest BCUT2D eigenvalue weighted by atomic mass is 9.98. The van der Waals surface area contributed by atoms with Crippen molar-refractivity contribution in [3.8, 4) is 11.3 Å². The van der Waals surface area contributed by atoms with E-state index in [0.717, 1.165) is 38.8 Å². The Morgan fingerprint density at radius 3 is 2.51 bits per heavy atom. The van der Waals surface area contributed by atoms with E-state index in [2.05, 4.69) is 21.5 Å². The third-order valence-corrected chi connectivity index (χ3v) is 7.19. The normalized spacial score (nSPS) is 11.3. The van der Waals surface area contributed by atoms with Gasteiger partial charge in [-0.2, -0.15) is 5.10 Å². The van der Waals surface area contributed by atoms with Crippen LogP contribution in [-0.4, -0.2) is 50.8 Å². The van der Waals surface area contributed by atoms with Gasteiger partial charge in [-0.15, -0.1) is 0 Å². The molecule has 0 aliphatic heterocycles. The van der Waals surface area contributed by atoms with Crippen LogP contribution in [0.2, 0.25) is 5.15 Å². The molecule has 3 aromatic heterocycles. The van der Waals surface area contributed by atoms with E-state index in [-0.39, 0.29) is 11.5 Å². The Morgan fingerprint density at radius 2 is 1.82 bits per heavy atom. The third kappa shape index (κ3) is 4.88. The Kier molecular flexibility index (Phi) is 7.14. The predicted molar refractivity (Wildman–Crippen MR) is 158 cm³/mol. The molecule has 0 saturated carbocycles. The molecule has 0 unspecified atom stereocenters. The van der Waals surface area contributed by atoms with Crippen molar-refractivity contribution in [2.75, 3.05) is 26.0 Å². The molecule has 0 bridgehead atoms. The predicted octanol–water partition coefficient (Wildman–Crippen LogP) is 5.29. The number of carbonyl (C=O) groups is 1. The molecular formula is C30H31ClN6O2. The standard InChI is InChI=1S/C30H31ClN6O2/c1-6-37-28-23(17-33-37)26-21(15-18(2)16-22(26)30(39)36(28)5)13-14-32-24-11-12-25(31)34-27(24)19-7-9-20(10-8-19)29(38)35(3)4/h7-12,15-17,32H,6,13-14H2,1-5H3. The van der Waals surface area contributed by atoms with Crippen molar-refractivity contribution in [3.63, 3.8) is 0 Å². The van der Waals surface area contributed by atoms with Crippen LogP contribution in [0.25, 0.3) is 33.1 Å². The summed E-state index contributed by atoms with van der Waals surface area (Å²) in [5, 5.41) is 11.1. The SMILES string of the molecule is CCn1ncc2c3c(CCNc4ccc(Cl)nc4-c4ccc(C(=O)N(C)C)cc4)cc(C)cc3c(=O)n(C)c21. The molecular weight excluding hydrogens is 512 g/mol. The Bertz CT molecular complexity index is 1770.